The minimum absolute atomic E-state index is 0. The monoisotopic (exact) mass is 236 g/mol. The number of Topliss-reactive ketones (excluding diaryl/α,β-unsaturated/α-hetero) is 1. The molecule has 16 heavy (non-hydrogen) atoms. The SMILES string of the molecule is C[n+]1ccn(CC(=O)c2ccccc2)c1.[Cl-]. The predicted octanol–water partition coefficient (Wildman–Crippen LogP) is -1.80. The third-order valence-corrected chi connectivity index (χ3v) is 2.25. The van der Waals surface area contributed by atoms with E-state index in [4.69, 9.17) is 0 Å². The quantitative estimate of drug-likeness (QED) is 0.456. The Labute approximate surface area is 101 Å². The van der Waals surface area contributed by atoms with Gasteiger partial charge in [0.2, 0.25) is 12.1 Å². The van der Waals surface area contributed by atoms with Gasteiger partial charge in [-0.05, 0) is 0 Å². The number of hydrogen-bond donors (Lipinski definition) is 0. The van der Waals surface area contributed by atoms with Crippen LogP contribution in [0.25, 0.3) is 0 Å². The normalized spacial score (nSPS) is 9.56. The summed E-state index contributed by atoms with van der Waals surface area (Å²) in [5.41, 5.74) is 0.758. The van der Waals surface area contributed by atoms with E-state index in [1.54, 1.807) is 0 Å². The third-order valence-electron chi connectivity index (χ3n) is 2.25. The Hall–Kier alpha value is -1.61. The standard InChI is InChI=1S/C12H13N2O.ClH/c1-13-7-8-14(10-13)9-12(15)11-5-3-2-4-6-11;/h2-8,10H,9H2,1H3;1H/q+1;/p-1. The highest BCUT2D eigenvalue weighted by molar-refractivity contribution is 5.95. The topological polar surface area (TPSA) is 25.9 Å². The number of carbonyl (C=O) groups is 1. The Bertz CT molecular complexity index is 465. The van der Waals surface area contributed by atoms with Gasteiger partial charge < -0.3 is 12.4 Å². The van der Waals surface area contributed by atoms with Crippen molar-refractivity contribution in [3.8, 4) is 0 Å². The van der Waals surface area contributed by atoms with E-state index in [1.165, 1.54) is 0 Å². The first-order valence-electron chi connectivity index (χ1n) is 4.85. The minimum Gasteiger partial charge on any atom is -1.00 e. The van der Waals surface area contributed by atoms with Crippen LogP contribution in [0.2, 0.25) is 0 Å². The van der Waals surface area contributed by atoms with Gasteiger partial charge in [-0.3, -0.25) is 4.79 Å². The van der Waals surface area contributed by atoms with Crippen molar-refractivity contribution in [1.29, 1.82) is 0 Å². The molecule has 0 N–H and O–H groups in total. The number of rotatable bonds is 3. The molecule has 0 amide bonds. The Morgan fingerprint density at radius 1 is 1.31 bits per heavy atom. The van der Waals surface area contributed by atoms with Gasteiger partial charge >= 0.3 is 0 Å². The molecule has 84 valence electrons. The van der Waals surface area contributed by atoms with E-state index < -0.39 is 0 Å². The Kier molecular flexibility index (Phi) is 4.26. The van der Waals surface area contributed by atoms with E-state index in [-0.39, 0.29) is 18.2 Å². The number of imidazole rings is 1. The summed E-state index contributed by atoms with van der Waals surface area (Å²) in [6, 6.07) is 9.34. The highest BCUT2D eigenvalue weighted by Gasteiger charge is 2.09. The van der Waals surface area contributed by atoms with Crippen molar-refractivity contribution in [1.82, 2.24) is 4.57 Å². The number of carbonyl (C=O) groups excluding carboxylic acids is 1. The number of aromatic nitrogens is 2. The lowest BCUT2D eigenvalue weighted by Gasteiger charge is -1.96. The van der Waals surface area contributed by atoms with E-state index in [2.05, 4.69) is 0 Å². The van der Waals surface area contributed by atoms with Gasteiger partial charge in [0, 0.05) is 5.56 Å². The van der Waals surface area contributed by atoms with Crippen LogP contribution in [0.15, 0.2) is 49.1 Å². The Morgan fingerprint density at radius 2 is 2.00 bits per heavy atom. The number of aryl methyl sites for hydroxylation is 1. The van der Waals surface area contributed by atoms with Crippen LogP contribution in [0.5, 0.6) is 0 Å². The highest BCUT2D eigenvalue weighted by atomic mass is 35.5. The van der Waals surface area contributed by atoms with Crippen LogP contribution in [0.3, 0.4) is 0 Å². The summed E-state index contributed by atoms with van der Waals surface area (Å²) in [6.07, 6.45) is 5.69. The number of hydrogen-bond acceptors (Lipinski definition) is 1. The largest absolute Gasteiger partial charge is 1.00 e. The van der Waals surface area contributed by atoms with Gasteiger partial charge in [-0.2, -0.15) is 0 Å². The average molecular weight is 237 g/mol. The second-order valence-corrected chi connectivity index (χ2v) is 3.54. The number of benzene rings is 1. The maximum atomic E-state index is 11.8. The molecule has 0 saturated carbocycles. The summed E-state index contributed by atoms with van der Waals surface area (Å²) in [6.45, 7) is 0.394. The molecule has 0 atom stereocenters. The summed E-state index contributed by atoms with van der Waals surface area (Å²) >= 11 is 0. The Balaban J connectivity index is 0.00000128. The van der Waals surface area contributed by atoms with Gasteiger partial charge in [-0.1, -0.05) is 30.3 Å². The van der Waals surface area contributed by atoms with E-state index in [0.717, 1.165) is 5.56 Å². The number of nitrogens with zero attached hydrogens (tertiary/aromatic N) is 2. The molecular formula is C12H13ClN2O. The average Bonchev–Trinajstić information content (AvgIpc) is 2.65. The molecule has 0 radical (unpaired) electrons. The fourth-order valence-corrected chi connectivity index (χ4v) is 1.48. The van der Waals surface area contributed by atoms with Gasteiger partial charge in [-0.25, -0.2) is 9.13 Å². The molecule has 3 nitrogen and oxygen atoms in total. The molecule has 1 aromatic carbocycles. The van der Waals surface area contributed by atoms with Crippen LogP contribution in [0, 0.1) is 0 Å². The molecule has 0 unspecified atom stereocenters. The molecule has 0 bridgehead atoms. The summed E-state index contributed by atoms with van der Waals surface area (Å²) in [7, 11) is 1.93. The second kappa shape index (κ2) is 5.47. The van der Waals surface area contributed by atoms with Gasteiger partial charge in [0.05, 0.1) is 7.05 Å². The van der Waals surface area contributed by atoms with E-state index in [1.807, 2.05) is 65.2 Å². The van der Waals surface area contributed by atoms with Crippen LogP contribution in [0.1, 0.15) is 10.4 Å². The van der Waals surface area contributed by atoms with Crippen molar-refractivity contribution in [2.24, 2.45) is 7.05 Å². The molecule has 0 spiro atoms. The van der Waals surface area contributed by atoms with Crippen LogP contribution < -0.4 is 17.0 Å². The molecule has 0 aliphatic rings. The molecular weight excluding hydrogens is 224 g/mol. The summed E-state index contributed by atoms with van der Waals surface area (Å²) < 4.78 is 3.79. The van der Waals surface area contributed by atoms with Gasteiger partial charge in [-0.15, -0.1) is 0 Å². The Morgan fingerprint density at radius 3 is 2.56 bits per heavy atom. The van der Waals surface area contributed by atoms with Crippen LogP contribution in [-0.4, -0.2) is 10.4 Å². The number of halogens is 1. The van der Waals surface area contributed by atoms with E-state index in [0.29, 0.717) is 6.54 Å². The summed E-state index contributed by atoms with van der Waals surface area (Å²) in [5, 5.41) is 0. The first-order chi connectivity index (χ1) is 7.25. The minimum atomic E-state index is 0. The van der Waals surface area contributed by atoms with Gasteiger partial charge in [0.15, 0.2) is 6.54 Å². The van der Waals surface area contributed by atoms with Gasteiger partial charge in [0.1, 0.15) is 12.4 Å². The van der Waals surface area contributed by atoms with Crippen molar-refractivity contribution >= 4 is 5.78 Å². The van der Waals surface area contributed by atoms with Crippen LogP contribution >= 0.6 is 0 Å². The molecule has 2 rings (SSSR count). The summed E-state index contributed by atoms with van der Waals surface area (Å²) in [5.74, 6) is 0.131. The third kappa shape index (κ3) is 2.94. The molecule has 0 saturated heterocycles. The summed E-state index contributed by atoms with van der Waals surface area (Å²) in [4.78, 5) is 11.8. The molecule has 1 heterocycles. The zero-order chi connectivity index (χ0) is 10.7. The maximum absolute atomic E-state index is 11.8. The number of ketones is 1. The first kappa shape index (κ1) is 12.5. The zero-order valence-corrected chi connectivity index (χ0v) is 9.76. The van der Waals surface area contributed by atoms with Crippen molar-refractivity contribution in [2.75, 3.05) is 0 Å². The fraction of sp³-hybridized carbons (Fsp3) is 0.167. The molecule has 4 heteroatoms. The zero-order valence-electron chi connectivity index (χ0n) is 9.01. The molecule has 0 fully saturated rings. The van der Waals surface area contributed by atoms with Crippen molar-refractivity contribution in [3.63, 3.8) is 0 Å². The molecule has 2 aromatic rings. The first-order valence-corrected chi connectivity index (χ1v) is 4.85. The predicted molar refractivity (Wildman–Crippen MR) is 56.4 cm³/mol. The van der Waals surface area contributed by atoms with Crippen LogP contribution in [0.4, 0.5) is 0 Å². The second-order valence-electron chi connectivity index (χ2n) is 3.54. The van der Waals surface area contributed by atoms with Crippen molar-refractivity contribution in [3.05, 3.63) is 54.6 Å². The molecule has 0 aliphatic carbocycles. The van der Waals surface area contributed by atoms with Crippen molar-refractivity contribution in [2.45, 2.75) is 6.54 Å². The molecule has 1 aromatic heterocycles. The smallest absolute Gasteiger partial charge is 0.243 e. The lowest BCUT2D eigenvalue weighted by Crippen LogP contribution is -3.00. The lowest BCUT2D eigenvalue weighted by molar-refractivity contribution is -0.671. The van der Waals surface area contributed by atoms with E-state index >= 15 is 0 Å². The fourth-order valence-electron chi connectivity index (χ4n) is 1.48. The lowest BCUT2D eigenvalue weighted by atomic mass is 10.1. The molecule has 0 aliphatic heterocycles. The maximum Gasteiger partial charge on any atom is 0.243 e. The van der Waals surface area contributed by atoms with Crippen LogP contribution in [-0.2, 0) is 13.6 Å². The van der Waals surface area contributed by atoms with Crippen molar-refractivity contribution < 1.29 is 21.8 Å². The van der Waals surface area contributed by atoms with E-state index in [9.17, 15) is 4.79 Å². The van der Waals surface area contributed by atoms with Gasteiger partial charge in [0.25, 0.3) is 0 Å². The highest BCUT2D eigenvalue weighted by Crippen LogP contribution is 2.01.